The quantitative estimate of drug-likeness (QED) is 0.548. The lowest BCUT2D eigenvalue weighted by Crippen LogP contribution is -2.01. The van der Waals surface area contributed by atoms with Crippen molar-refractivity contribution in [2.24, 2.45) is 5.73 Å². The third kappa shape index (κ3) is 1.92. The molecule has 2 nitrogen and oxygen atoms in total. The summed E-state index contributed by atoms with van der Waals surface area (Å²) in [6, 6.07) is 21.3. The smallest absolute Gasteiger partial charge is 0.0359 e. The molecule has 22 heavy (non-hydrogen) atoms. The molecule has 1 aliphatic rings. The van der Waals surface area contributed by atoms with Gasteiger partial charge in [-0.15, -0.1) is 0 Å². The van der Waals surface area contributed by atoms with Gasteiger partial charge >= 0.3 is 0 Å². The molecule has 2 heteroatoms. The molecule has 0 aliphatic heterocycles. The van der Waals surface area contributed by atoms with E-state index in [0.29, 0.717) is 6.54 Å². The van der Waals surface area contributed by atoms with E-state index in [1.807, 2.05) is 6.07 Å². The highest BCUT2D eigenvalue weighted by atomic mass is 14.6. The van der Waals surface area contributed by atoms with Crippen LogP contribution in [0.4, 0.5) is 5.69 Å². The second-order valence-corrected chi connectivity index (χ2v) is 5.78. The van der Waals surface area contributed by atoms with E-state index in [4.69, 9.17) is 11.5 Å². The largest absolute Gasteiger partial charge is 0.398 e. The third-order valence-electron chi connectivity index (χ3n) is 4.52. The van der Waals surface area contributed by atoms with Gasteiger partial charge < -0.3 is 11.5 Å². The zero-order valence-corrected chi connectivity index (χ0v) is 12.3. The maximum atomic E-state index is 5.98. The molecular weight excluding hydrogens is 268 g/mol. The zero-order valence-electron chi connectivity index (χ0n) is 12.3. The first-order valence-electron chi connectivity index (χ1n) is 7.57. The molecule has 0 heterocycles. The molecule has 3 aromatic rings. The fraction of sp³-hybridized carbons (Fsp3) is 0.100. The van der Waals surface area contributed by atoms with Crippen molar-refractivity contribution < 1.29 is 0 Å². The second kappa shape index (κ2) is 5.00. The molecule has 3 aromatic carbocycles. The van der Waals surface area contributed by atoms with E-state index >= 15 is 0 Å². The van der Waals surface area contributed by atoms with Crippen molar-refractivity contribution in [2.45, 2.75) is 13.0 Å². The maximum absolute atomic E-state index is 5.98. The van der Waals surface area contributed by atoms with Crippen LogP contribution < -0.4 is 11.5 Å². The summed E-state index contributed by atoms with van der Waals surface area (Å²) in [5.41, 5.74) is 21.5. The Morgan fingerprint density at radius 2 is 1.59 bits per heavy atom. The van der Waals surface area contributed by atoms with Crippen molar-refractivity contribution in [3.63, 3.8) is 0 Å². The molecule has 0 saturated carbocycles. The number of rotatable bonds is 2. The lowest BCUT2D eigenvalue weighted by Gasteiger charge is -2.11. The molecule has 0 aromatic heterocycles. The summed E-state index contributed by atoms with van der Waals surface area (Å²) in [6.45, 7) is 0.467. The predicted octanol–water partition coefficient (Wildman–Crippen LogP) is 3.97. The molecule has 0 fully saturated rings. The van der Waals surface area contributed by atoms with E-state index in [-0.39, 0.29) is 0 Å². The van der Waals surface area contributed by atoms with Gasteiger partial charge in [-0.2, -0.15) is 0 Å². The molecular formula is C20H18N2. The first kappa shape index (κ1) is 13.1. The van der Waals surface area contributed by atoms with Gasteiger partial charge in [-0.1, -0.05) is 48.5 Å². The third-order valence-corrected chi connectivity index (χ3v) is 4.52. The van der Waals surface area contributed by atoms with Crippen LogP contribution in [0.25, 0.3) is 22.3 Å². The minimum absolute atomic E-state index is 0.467. The van der Waals surface area contributed by atoms with Crippen molar-refractivity contribution in [2.75, 3.05) is 5.73 Å². The van der Waals surface area contributed by atoms with Crippen LogP contribution in [0.5, 0.6) is 0 Å². The van der Waals surface area contributed by atoms with Gasteiger partial charge in [0.05, 0.1) is 0 Å². The predicted molar refractivity (Wildman–Crippen MR) is 92.4 cm³/mol. The van der Waals surface area contributed by atoms with E-state index in [2.05, 4.69) is 54.6 Å². The summed E-state index contributed by atoms with van der Waals surface area (Å²) >= 11 is 0. The molecule has 4 rings (SSSR count). The van der Waals surface area contributed by atoms with Crippen LogP contribution in [0.15, 0.2) is 60.7 Å². The molecule has 1 aliphatic carbocycles. The Kier molecular flexibility index (Phi) is 2.98. The van der Waals surface area contributed by atoms with Gasteiger partial charge in [0.15, 0.2) is 0 Å². The Morgan fingerprint density at radius 3 is 2.45 bits per heavy atom. The van der Waals surface area contributed by atoms with Gasteiger partial charge in [0.2, 0.25) is 0 Å². The number of hydrogen-bond acceptors (Lipinski definition) is 2. The van der Waals surface area contributed by atoms with E-state index < -0.39 is 0 Å². The zero-order chi connectivity index (χ0) is 15.1. The van der Waals surface area contributed by atoms with E-state index in [1.165, 1.54) is 33.4 Å². The normalized spacial score (nSPS) is 12.0. The maximum Gasteiger partial charge on any atom is 0.0359 e. The summed E-state index contributed by atoms with van der Waals surface area (Å²) in [6.07, 6.45) is 0.990. The lowest BCUT2D eigenvalue weighted by atomic mass is 9.94. The fourth-order valence-electron chi connectivity index (χ4n) is 3.38. The van der Waals surface area contributed by atoms with Crippen LogP contribution in [0.2, 0.25) is 0 Å². The Labute approximate surface area is 130 Å². The average molecular weight is 286 g/mol. The Hall–Kier alpha value is -2.58. The minimum atomic E-state index is 0.467. The number of fused-ring (bicyclic) bond motifs is 3. The van der Waals surface area contributed by atoms with Gasteiger partial charge in [0.1, 0.15) is 0 Å². The van der Waals surface area contributed by atoms with Crippen LogP contribution in [-0.4, -0.2) is 0 Å². The number of nitrogens with two attached hydrogens (primary N) is 2. The second-order valence-electron chi connectivity index (χ2n) is 5.78. The molecule has 0 unspecified atom stereocenters. The summed E-state index contributed by atoms with van der Waals surface area (Å²) < 4.78 is 0. The van der Waals surface area contributed by atoms with Crippen LogP contribution in [-0.2, 0) is 13.0 Å². The van der Waals surface area contributed by atoms with Crippen molar-refractivity contribution in [1.29, 1.82) is 0 Å². The monoisotopic (exact) mass is 286 g/mol. The molecule has 0 bridgehead atoms. The summed E-state index contributed by atoms with van der Waals surface area (Å²) in [5.74, 6) is 0. The van der Waals surface area contributed by atoms with Gasteiger partial charge in [-0.05, 0) is 57.5 Å². The first-order valence-corrected chi connectivity index (χ1v) is 7.57. The summed E-state index contributed by atoms with van der Waals surface area (Å²) in [4.78, 5) is 0. The van der Waals surface area contributed by atoms with Gasteiger partial charge in [0, 0.05) is 12.2 Å². The molecule has 0 saturated heterocycles. The summed E-state index contributed by atoms with van der Waals surface area (Å²) in [7, 11) is 0. The SMILES string of the molecule is NCc1cc(-c2cccc3c2Cc2ccccc2-3)ccc1N. The van der Waals surface area contributed by atoms with Crippen molar-refractivity contribution in [3.8, 4) is 22.3 Å². The Balaban J connectivity index is 1.89. The molecule has 0 amide bonds. The van der Waals surface area contributed by atoms with Crippen LogP contribution in [0, 0.1) is 0 Å². The van der Waals surface area contributed by atoms with Gasteiger partial charge in [-0.25, -0.2) is 0 Å². The van der Waals surface area contributed by atoms with Crippen molar-refractivity contribution in [1.82, 2.24) is 0 Å². The lowest BCUT2D eigenvalue weighted by molar-refractivity contribution is 1.08. The Bertz CT molecular complexity index is 865. The Morgan fingerprint density at radius 1 is 0.818 bits per heavy atom. The molecule has 0 atom stereocenters. The standard InChI is InChI=1S/C20H18N2/c21-12-15-10-14(8-9-20(15)22)17-6-3-7-18-16-5-2-1-4-13(16)11-19(17)18/h1-10H,11-12,21-22H2. The van der Waals surface area contributed by atoms with E-state index in [9.17, 15) is 0 Å². The van der Waals surface area contributed by atoms with Crippen LogP contribution in [0.3, 0.4) is 0 Å². The highest BCUT2D eigenvalue weighted by Gasteiger charge is 2.21. The number of anilines is 1. The van der Waals surface area contributed by atoms with Crippen molar-refractivity contribution >= 4 is 5.69 Å². The van der Waals surface area contributed by atoms with E-state index in [1.54, 1.807) is 0 Å². The van der Waals surface area contributed by atoms with E-state index in [0.717, 1.165) is 17.7 Å². The molecule has 0 spiro atoms. The fourth-order valence-corrected chi connectivity index (χ4v) is 3.38. The molecule has 108 valence electrons. The first-order chi connectivity index (χ1) is 10.8. The highest BCUT2D eigenvalue weighted by molar-refractivity contribution is 5.85. The highest BCUT2D eigenvalue weighted by Crippen LogP contribution is 2.41. The van der Waals surface area contributed by atoms with Crippen LogP contribution in [0.1, 0.15) is 16.7 Å². The molecule has 4 N–H and O–H groups in total. The summed E-state index contributed by atoms with van der Waals surface area (Å²) in [5, 5.41) is 0. The van der Waals surface area contributed by atoms with Crippen molar-refractivity contribution in [3.05, 3.63) is 77.4 Å². The van der Waals surface area contributed by atoms with Gasteiger partial charge in [0.25, 0.3) is 0 Å². The van der Waals surface area contributed by atoms with Crippen LogP contribution >= 0.6 is 0 Å². The van der Waals surface area contributed by atoms with Gasteiger partial charge in [-0.3, -0.25) is 0 Å². The topological polar surface area (TPSA) is 52.0 Å². The average Bonchev–Trinajstić information content (AvgIpc) is 2.94. The number of nitrogen functional groups attached to an aromatic ring is 1. The minimum Gasteiger partial charge on any atom is -0.398 e. The number of benzene rings is 3. The number of hydrogen-bond donors (Lipinski definition) is 2. The molecule has 0 radical (unpaired) electrons.